The summed E-state index contributed by atoms with van der Waals surface area (Å²) in [5.74, 6) is 0. The van der Waals surface area contributed by atoms with E-state index in [4.69, 9.17) is 9.84 Å². The first-order valence-corrected chi connectivity index (χ1v) is 5.05. The van der Waals surface area contributed by atoms with E-state index in [0.29, 0.717) is 0 Å². The molecule has 3 nitrogen and oxygen atoms in total. The van der Waals surface area contributed by atoms with Gasteiger partial charge < -0.3 is 15.2 Å². The quantitative estimate of drug-likeness (QED) is 0.753. The summed E-state index contributed by atoms with van der Waals surface area (Å²) < 4.78 is 5.07. The van der Waals surface area contributed by atoms with Gasteiger partial charge >= 0.3 is 0 Å². The van der Waals surface area contributed by atoms with E-state index in [2.05, 4.69) is 5.32 Å². The Kier molecular flexibility index (Phi) is 4.21. The number of nitrogens with one attached hydrogen (secondary N) is 1. The summed E-state index contributed by atoms with van der Waals surface area (Å²) in [6.07, 6.45) is 0. The summed E-state index contributed by atoms with van der Waals surface area (Å²) >= 11 is 1.62. The van der Waals surface area contributed by atoms with E-state index in [9.17, 15) is 0 Å². The van der Waals surface area contributed by atoms with Gasteiger partial charge in [-0.15, -0.1) is 11.3 Å². The normalized spacial score (nSPS) is 12.8. The van der Waals surface area contributed by atoms with Gasteiger partial charge in [-0.1, -0.05) is 0 Å². The highest BCUT2D eigenvalue weighted by Crippen LogP contribution is 2.23. The standard InChI is InChI=1S/C9H15NO2S/c1-7(6-11)10-5-8-3-4-9(12-2)13-8/h3-4,7,10-11H,5-6H2,1-2H3/t7-/m1/s1. The van der Waals surface area contributed by atoms with E-state index in [1.165, 1.54) is 4.88 Å². The molecule has 0 spiro atoms. The molecular formula is C9H15NO2S. The highest BCUT2D eigenvalue weighted by Gasteiger charge is 2.02. The zero-order valence-electron chi connectivity index (χ0n) is 7.91. The maximum absolute atomic E-state index is 8.78. The maximum atomic E-state index is 8.78. The van der Waals surface area contributed by atoms with Crippen LogP contribution < -0.4 is 10.1 Å². The fourth-order valence-electron chi connectivity index (χ4n) is 0.902. The smallest absolute Gasteiger partial charge is 0.173 e. The van der Waals surface area contributed by atoms with Crippen molar-refractivity contribution in [1.82, 2.24) is 5.32 Å². The number of aliphatic hydroxyl groups excluding tert-OH is 1. The number of thiophene rings is 1. The third kappa shape index (κ3) is 3.34. The third-order valence-electron chi connectivity index (χ3n) is 1.74. The average Bonchev–Trinajstić information content (AvgIpc) is 2.61. The number of hydrogen-bond donors (Lipinski definition) is 2. The second kappa shape index (κ2) is 5.21. The van der Waals surface area contributed by atoms with Crippen molar-refractivity contribution in [3.05, 3.63) is 17.0 Å². The molecular weight excluding hydrogens is 186 g/mol. The van der Waals surface area contributed by atoms with Crippen molar-refractivity contribution in [3.63, 3.8) is 0 Å². The molecule has 1 atom stereocenters. The minimum absolute atomic E-state index is 0.146. The van der Waals surface area contributed by atoms with Gasteiger partial charge in [-0.25, -0.2) is 0 Å². The molecule has 0 aliphatic rings. The van der Waals surface area contributed by atoms with Gasteiger partial charge in [0.1, 0.15) is 0 Å². The molecule has 1 aromatic heterocycles. The zero-order valence-corrected chi connectivity index (χ0v) is 8.73. The molecule has 0 unspecified atom stereocenters. The first kappa shape index (κ1) is 10.5. The number of hydrogen-bond acceptors (Lipinski definition) is 4. The Balaban J connectivity index is 2.36. The number of ether oxygens (including phenoxy) is 1. The van der Waals surface area contributed by atoms with Crippen molar-refractivity contribution in [1.29, 1.82) is 0 Å². The molecule has 2 N–H and O–H groups in total. The monoisotopic (exact) mass is 201 g/mol. The lowest BCUT2D eigenvalue weighted by atomic mass is 10.3. The summed E-state index contributed by atoms with van der Waals surface area (Å²) in [6.45, 7) is 2.91. The minimum atomic E-state index is 0.146. The molecule has 13 heavy (non-hydrogen) atoms. The number of rotatable bonds is 5. The van der Waals surface area contributed by atoms with Crippen molar-refractivity contribution in [2.24, 2.45) is 0 Å². The largest absolute Gasteiger partial charge is 0.487 e. The summed E-state index contributed by atoms with van der Waals surface area (Å²) in [7, 11) is 1.67. The van der Waals surface area contributed by atoms with Crippen molar-refractivity contribution in [3.8, 4) is 5.06 Å². The Morgan fingerprint density at radius 1 is 1.62 bits per heavy atom. The molecule has 0 aromatic carbocycles. The first-order valence-electron chi connectivity index (χ1n) is 4.23. The lowest BCUT2D eigenvalue weighted by molar-refractivity contribution is 0.251. The molecule has 0 saturated carbocycles. The molecule has 0 aliphatic carbocycles. The third-order valence-corrected chi connectivity index (χ3v) is 2.78. The Labute approximate surface area is 82.4 Å². The minimum Gasteiger partial charge on any atom is -0.487 e. The lowest BCUT2D eigenvalue weighted by Gasteiger charge is -2.08. The molecule has 0 saturated heterocycles. The predicted octanol–water partition coefficient (Wildman–Crippen LogP) is 1.23. The highest BCUT2D eigenvalue weighted by molar-refractivity contribution is 7.13. The molecule has 74 valence electrons. The van der Waals surface area contributed by atoms with Crippen LogP contribution in [0.2, 0.25) is 0 Å². The van der Waals surface area contributed by atoms with E-state index in [0.717, 1.165) is 11.6 Å². The van der Waals surface area contributed by atoms with Crippen LogP contribution in [-0.4, -0.2) is 24.9 Å². The summed E-state index contributed by atoms with van der Waals surface area (Å²) in [6, 6.07) is 4.12. The molecule has 1 rings (SSSR count). The summed E-state index contributed by atoms with van der Waals surface area (Å²) in [4.78, 5) is 1.22. The Bertz CT molecular complexity index is 250. The number of aliphatic hydroxyl groups is 1. The highest BCUT2D eigenvalue weighted by atomic mass is 32.1. The fourth-order valence-corrected chi connectivity index (χ4v) is 1.67. The topological polar surface area (TPSA) is 41.5 Å². The SMILES string of the molecule is COc1ccc(CN[C@H](C)CO)s1. The van der Waals surface area contributed by atoms with Crippen LogP contribution in [0.5, 0.6) is 5.06 Å². The number of methoxy groups -OCH3 is 1. The molecule has 4 heteroatoms. The van der Waals surface area contributed by atoms with Crippen LogP contribution in [0.3, 0.4) is 0 Å². The predicted molar refractivity (Wildman–Crippen MR) is 54.3 cm³/mol. The fraction of sp³-hybridized carbons (Fsp3) is 0.556. The lowest BCUT2D eigenvalue weighted by Crippen LogP contribution is -2.28. The molecule has 0 radical (unpaired) electrons. The van der Waals surface area contributed by atoms with Crippen LogP contribution in [0.1, 0.15) is 11.8 Å². The molecule has 0 amide bonds. The van der Waals surface area contributed by atoms with Crippen LogP contribution in [0, 0.1) is 0 Å². The molecule has 0 bridgehead atoms. The van der Waals surface area contributed by atoms with E-state index >= 15 is 0 Å². The van der Waals surface area contributed by atoms with Crippen molar-refractivity contribution < 1.29 is 9.84 Å². The molecule has 1 heterocycles. The van der Waals surface area contributed by atoms with Gasteiger partial charge in [0.2, 0.25) is 0 Å². The van der Waals surface area contributed by atoms with Crippen molar-refractivity contribution in [2.45, 2.75) is 19.5 Å². The van der Waals surface area contributed by atoms with Crippen LogP contribution in [0.4, 0.5) is 0 Å². The van der Waals surface area contributed by atoms with Gasteiger partial charge in [0.25, 0.3) is 0 Å². The first-order chi connectivity index (χ1) is 6.26. The van der Waals surface area contributed by atoms with Crippen LogP contribution in [0.25, 0.3) is 0 Å². The molecule has 0 aliphatic heterocycles. The van der Waals surface area contributed by atoms with Gasteiger partial charge in [-0.2, -0.15) is 0 Å². The van der Waals surface area contributed by atoms with E-state index < -0.39 is 0 Å². The van der Waals surface area contributed by atoms with Gasteiger partial charge in [0, 0.05) is 17.5 Å². The van der Waals surface area contributed by atoms with Crippen LogP contribution in [0.15, 0.2) is 12.1 Å². The second-order valence-electron chi connectivity index (χ2n) is 2.89. The van der Waals surface area contributed by atoms with E-state index in [1.54, 1.807) is 18.4 Å². The zero-order chi connectivity index (χ0) is 9.68. The van der Waals surface area contributed by atoms with Crippen molar-refractivity contribution in [2.75, 3.05) is 13.7 Å². The van der Waals surface area contributed by atoms with Crippen molar-refractivity contribution >= 4 is 11.3 Å². The summed E-state index contributed by atoms with van der Waals surface area (Å²) in [5, 5.41) is 12.9. The van der Waals surface area contributed by atoms with Gasteiger partial charge in [-0.3, -0.25) is 0 Å². The van der Waals surface area contributed by atoms with Gasteiger partial charge in [0.15, 0.2) is 5.06 Å². The Hall–Kier alpha value is -0.580. The molecule has 1 aromatic rings. The van der Waals surface area contributed by atoms with E-state index in [-0.39, 0.29) is 12.6 Å². The second-order valence-corrected chi connectivity index (χ2v) is 4.02. The summed E-state index contributed by atoms with van der Waals surface area (Å²) in [5.41, 5.74) is 0. The Morgan fingerprint density at radius 2 is 2.38 bits per heavy atom. The van der Waals surface area contributed by atoms with Crippen LogP contribution in [-0.2, 0) is 6.54 Å². The van der Waals surface area contributed by atoms with Gasteiger partial charge in [0.05, 0.1) is 13.7 Å². The maximum Gasteiger partial charge on any atom is 0.173 e. The molecule has 0 fully saturated rings. The average molecular weight is 201 g/mol. The Morgan fingerprint density at radius 3 is 2.92 bits per heavy atom. The van der Waals surface area contributed by atoms with Crippen LogP contribution >= 0.6 is 11.3 Å². The van der Waals surface area contributed by atoms with E-state index in [1.807, 2.05) is 19.1 Å². The van der Waals surface area contributed by atoms with Gasteiger partial charge in [-0.05, 0) is 19.1 Å².